The first-order valence-electron chi connectivity index (χ1n) is 8.64. The van der Waals surface area contributed by atoms with Crippen molar-refractivity contribution in [2.45, 2.75) is 20.3 Å². The number of nitrogens with zero attached hydrogens (tertiary/aromatic N) is 2. The van der Waals surface area contributed by atoms with E-state index in [4.69, 9.17) is 4.52 Å². The zero-order valence-corrected chi connectivity index (χ0v) is 14.9. The van der Waals surface area contributed by atoms with Crippen LogP contribution < -0.4 is 5.32 Å². The van der Waals surface area contributed by atoms with Crippen LogP contribution in [0.3, 0.4) is 0 Å². The number of fused-ring (bicyclic) bond motifs is 1. The Morgan fingerprint density at radius 1 is 1.04 bits per heavy atom. The van der Waals surface area contributed by atoms with Gasteiger partial charge in [0.25, 0.3) is 5.91 Å². The zero-order valence-electron chi connectivity index (χ0n) is 14.9. The molecule has 0 radical (unpaired) electrons. The summed E-state index contributed by atoms with van der Waals surface area (Å²) in [6, 6.07) is 14.3. The van der Waals surface area contributed by atoms with Gasteiger partial charge in [-0.15, -0.1) is 0 Å². The van der Waals surface area contributed by atoms with E-state index >= 15 is 0 Å². The van der Waals surface area contributed by atoms with Gasteiger partial charge < -0.3 is 14.7 Å². The third-order valence-corrected chi connectivity index (χ3v) is 4.25. The second-order valence-electron chi connectivity index (χ2n) is 5.91. The smallest absolute Gasteiger partial charge is 0.253 e. The van der Waals surface area contributed by atoms with Crippen LogP contribution in [-0.2, 0) is 11.2 Å². The van der Waals surface area contributed by atoms with Crippen LogP contribution in [0.4, 0.5) is 5.69 Å². The Morgan fingerprint density at radius 3 is 2.42 bits per heavy atom. The summed E-state index contributed by atoms with van der Waals surface area (Å²) in [6.07, 6.45) is 0.122. The van der Waals surface area contributed by atoms with E-state index in [1.807, 2.05) is 38.1 Å². The van der Waals surface area contributed by atoms with Crippen LogP contribution in [0.1, 0.15) is 29.9 Å². The van der Waals surface area contributed by atoms with Crippen molar-refractivity contribution in [2.24, 2.45) is 0 Å². The number of nitrogens with one attached hydrogen (secondary N) is 1. The minimum Gasteiger partial charge on any atom is -0.356 e. The van der Waals surface area contributed by atoms with Crippen LogP contribution in [0.15, 0.2) is 53.1 Å². The average molecular weight is 351 g/mol. The van der Waals surface area contributed by atoms with Gasteiger partial charge in [-0.05, 0) is 50.2 Å². The van der Waals surface area contributed by atoms with E-state index in [1.165, 1.54) is 0 Å². The van der Waals surface area contributed by atoms with E-state index in [1.54, 1.807) is 29.2 Å². The molecule has 0 aliphatic rings. The summed E-state index contributed by atoms with van der Waals surface area (Å²) in [5, 5.41) is 7.63. The van der Waals surface area contributed by atoms with Crippen molar-refractivity contribution in [1.82, 2.24) is 10.1 Å². The molecule has 0 fully saturated rings. The summed E-state index contributed by atoms with van der Waals surface area (Å²) in [4.78, 5) is 26.3. The molecule has 0 unspecified atom stereocenters. The summed E-state index contributed by atoms with van der Waals surface area (Å²) in [5.41, 5.74) is 2.51. The second-order valence-corrected chi connectivity index (χ2v) is 5.91. The van der Waals surface area contributed by atoms with Gasteiger partial charge in [-0.1, -0.05) is 17.3 Å². The van der Waals surface area contributed by atoms with Crippen molar-refractivity contribution in [1.29, 1.82) is 0 Å². The number of hydrogen-bond donors (Lipinski definition) is 1. The van der Waals surface area contributed by atoms with Crippen molar-refractivity contribution < 1.29 is 14.1 Å². The molecule has 2 amide bonds. The maximum atomic E-state index is 12.3. The van der Waals surface area contributed by atoms with E-state index < -0.39 is 0 Å². The number of para-hydroxylation sites is 1. The fraction of sp³-hybridized carbons (Fsp3) is 0.250. The Bertz CT molecular complexity index is 911. The summed E-state index contributed by atoms with van der Waals surface area (Å²) < 4.78 is 5.21. The van der Waals surface area contributed by atoms with Crippen molar-refractivity contribution in [3.05, 3.63) is 59.8 Å². The summed E-state index contributed by atoms with van der Waals surface area (Å²) in [7, 11) is 0. The van der Waals surface area contributed by atoms with E-state index in [9.17, 15) is 9.59 Å². The number of rotatable bonds is 6. The zero-order chi connectivity index (χ0) is 18.5. The maximum Gasteiger partial charge on any atom is 0.253 e. The number of amides is 2. The van der Waals surface area contributed by atoms with Crippen LogP contribution in [0.25, 0.3) is 11.0 Å². The molecule has 26 heavy (non-hydrogen) atoms. The highest BCUT2D eigenvalue weighted by Crippen LogP contribution is 2.19. The molecule has 3 rings (SSSR count). The molecule has 6 nitrogen and oxygen atoms in total. The van der Waals surface area contributed by atoms with E-state index in [-0.39, 0.29) is 18.2 Å². The third kappa shape index (κ3) is 3.74. The van der Waals surface area contributed by atoms with Gasteiger partial charge in [0.05, 0.1) is 6.42 Å². The van der Waals surface area contributed by atoms with Crippen molar-refractivity contribution in [3.63, 3.8) is 0 Å². The standard InChI is InChI=1S/C20H21N3O3/c1-3-23(4-2)20(25)14-9-11-15(12-10-14)21-19(24)13-17-16-7-5-6-8-18(16)26-22-17/h5-12H,3-4,13H2,1-2H3,(H,21,24). The van der Waals surface area contributed by atoms with Crippen molar-refractivity contribution >= 4 is 28.5 Å². The van der Waals surface area contributed by atoms with Gasteiger partial charge in [0, 0.05) is 29.7 Å². The van der Waals surface area contributed by atoms with Gasteiger partial charge in [-0.3, -0.25) is 9.59 Å². The average Bonchev–Trinajstić information content (AvgIpc) is 3.06. The highest BCUT2D eigenvalue weighted by molar-refractivity contribution is 5.97. The number of hydrogen-bond acceptors (Lipinski definition) is 4. The molecule has 2 aromatic carbocycles. The number of anilines is 1. The van der Waals surface area contributed by atoms with E-state index in [2.05, 4.69) is 10.5 Å². The highest BCUT2D eigenvalue weighted by atomic mass is 16.5. The molecule has 134 valence electrons. The molecular weight excluding hydrogens is 330 g/mol. The Morgan fingerprint density at radius 2 is 1.73 bits per heavy atom. The SMILES string of the molecule is CCN(CC)C(=O)c1ccc(NC(=O)Cc2noc3ccccc23)cc1. The Hall–Kier alpha value is -3.15. The Kier molecular flexibility index (Phi) is 5.31. The lowest BCUT2D eigenvalue weighted by molar-refractivity contribution is -0.115. The maximum absolute atomic E-state index is 12.3. The lowest BCUT2D eigenvalue weighted by Crippen LogP contribution is -2.30. The summed E-state index contributed by atoms with van der Waals surface area (Å²) in [5.74, 6) is -0.200. The van der Waals surface area contributed by atoms with E-state index in [0.717, 1.165) is 5.39 Å². The number of carbonyl (C=O) groups excluding carboxylic acids is 2. The van der Waals surface area contributed by atoms with Crippen LogP contribution in [-0.4, -0.2) is 35.0 Å². The molecule has 0 aliphatic heterocycles. The minimum absolute atomic E-state index is 0.0121. The molecule has 1 aromatic heterocycles. The van der Waals surface area contributed by atoms with Crippen molar-refractivity contribution in [3.8, 4) is 0 Å². The fourth-order valence-corrected chi connectivity index (χ4v) is 2.81. The Labute approximate surface area is 151 Å². The molecule has 0 spiro atoms. The molecule has 0 atom stereocenters. The molecular formula is C20H21N3O3. The topological polar surface area (TPSA) is 75.4 Å². The van der Waals surface area contributed by atoms with Crippen LogP contribution in [0.2, 0.25) is 0 Å². The van der Waals surface area contributed by atoms with Gasteiger partial charge in [0.15, 0.2) is 5.58 Å². The highest BCUT2D eigenvalue weighted by Gasteiger charge is 2.14. The first-order chi connectivity index (χ1) is 12.6. The molecule has 1 heterocycles. The summed E-state index contributed by atoms with van der Waals surface area (Å²) >= 11 is 0. The Balaban J connectivity index is 1.65. The first-order valence-corrected chi connectivity index (χ1v) is 8.64. The van der Waals surface area contributed by atoms with Gasteiger partial charge in [0.1, 0.15) is 5.69 Å². The normalized spacial score (nSPS) is 10.7. The van der Waals surface area contributed by atoms with Gasteiger partial charge in [0.2, 0.25) is 5.91 Å². The number of carbonyl (C=O) groups is 2. The molecule has 1 N–H and O–H groups in total. The van der Waals surface area contributed by atoms with E-state index in [0.29, 0.717) is 35.6 Å². The molecule has 0 bridgehead atoms. The fourth-order valence-electron chi connectivity index (χ4n) is 2.81. The predicted octanol–water partition coefficient (Wildman–Crippen LogP) is 3.49. The van der Waals surface area contributed by atoms with Crippen LogP contribution in [0.5, 0.6) is 0 Å². The third-order valence-electron chi connectivity index (χ3n) is 4.25. The predicted molar refractivity (Wildman–Crippen MR) is 100 cm³/mol. The monoisotopic (exact) mass is 351 g/mol. The van der Waals surface area contributed by atoms with Gasteiger partial charge in [-0.2, -0.15) is 0 Å². The second kappa shape index (κ2) is 7.82. The number of benzene rings is 2. The molecule has 3 aromatic rings. The summed E-state index contributed by atoms with van der Waals surface area (Å²) in [6.45, 7) is 5.23. The van der Waals surface area contributed by atoms with Crippen LogP contribution in [0, 0.1) is 0 Å². The lowest BCUT2D eigenvalue weighted by atomic mass is 10.1. The molecule has 6 heteroatoms. The first kappa shape index (κ1) is 17.7. The van der Waals surface area contributed by atoms with Crippen LogP contribution >= 0.6 is 0 Å². The van der Waals surface area contributed by atoms with Gasteiger partial charge >= 0.3 is 0 Å². The molecule has 0 saturated carbocycles. The van der Waals surface area contributed by atoms with Gasteiger partial charge in [-0.25, -0.2) is 0 Å². The quantitative estimate of drug-likeness (QED) is 0.737. The molecule has 0 aliphatic carbocycles. The largest absolute Gasteiger partial charge is 0.356 e. The van der Waals surface area contributed by atoms with Crippen molar-refractivity contribution in [2.75, 3.05) is 18.4 Å². The molecule has 0 saturated heterocycles. The lowest BCUT2D eigenvalue weighted by Gasteiger charge is -2.18. The number of aromatic nitrogens is 1. The minimum atomic E-state index is -0.188.